The van der Waals surface area contributed by atoms with Crippen LogP contribution in [0.5, 0.6) is 11.5 Å². The van der Waals surface area contributed by atoms with Gasteiger partial charge in [0.1, 0.15) is 0 Å². The van der Waals surface area contributed by atoms with Gasteiger partial charge < -0.3 is 24.8 Å². The molecule has 2 N–H and O–H groups in total. The van der Waals surface area contributed by atoms with Crippen molar-refractivity contribution >= 4 is 17.8 Å². The number of carboxylic acids is 1. The van der Waals surface area contributed by atoms with E-state index < -0.39 is 11.4 Å². The third-order valence-corrected chi connectivity index (χ3v) is 4.50. The molecule has 0 saturated carbocycles. The molecule has 0 aliphatic carbocycles. The van der Waals surface area contributed by atoms with Crippen LogP contribution in [0.25, 0.3) is 0 Å². The number of nitrogens with zero attached hydrogens (tertiary/aromatic N) is 1. The molecule has 2 amide bonds. The molecule has 1 aromatic carbocycles. The summed E-state index contributed by atoms with van der Waals surface area (Å²) in [5.41, 5.74) is -0.549. The minimum absolute atomic E-state index is 0.0138. The largest absolute Gasteiger partial charge is 0.493 e. The first-order valence-corrected chi connectivity index (χ1v) is 8.79. The van der Waals surface area contributed by atoms with Gasteiger partial charge in [0.15, 0.2) is 18.1 Å². The van der Waals surface area contributed by atoms with E-state index in [1.54, 1.807) is 19.1 Å². The van der Waals surface area contributed by atoms with Gasteiger partial charge in [-0.05, 0) is 45.4 Å². The zero-order valence-corrected chi connectivity index (χ0v) is 16.1. The van der Waals surface area contributed by atoms with Gasteiger partial charge in [-0.2, -0.15) is 0 Å². The average molecular weight is 378 g/mol. The van der Waals surface area contributed by atoms with Crippen molar-refractivity contribution in [1.82, 2.24) is 10.2 Å². The fraction of sp³-hybridized carbons (Fsp3) is 0.526. The van der Waals surface area contributed by atoms with Gasteiger partial charge in [0.05, 0.1) is 12.5 Å². The lowest BCUT2D eigenvalue weighted by Crippen LogP contribution is -2.35. The molecule has 1 atom stereocenters. The number of ether oxygens (including phenoxy) is 2. The monoisotopic (exact) mass is 378 g/mol. The Kier molecular flexibility index (Phi) is 6.30. The number of benzene rings is 1. The molecule has 0 bridgehead atoms. The number of carbonyl (C=O) groups is 3. The molecule has 27 heavy (non-hydrogen) atoms. The maximum absolute atomic E-state index is 12.7. The molecule has 1 aliphatic rings. The predicted molar refractivity (Wildman–Crippen MR) is 98.0 cm³/mol. The van der Waals surface area contributed by atoms with Crippen LogP contribution in [-0.2, 0) is 9.59 Å². The summed E-state index contributed by atoms with van der Waals surface area (Å²) in [7, 11) is 1.45. The van der Waals surface area contributed by atoms with Crippen molar-refractivity contribution in [1.29, 1.82) is 0 Å². The summed E-state index contributed by atoms with van der Waals surface area (Å²) in [6.45, 7) is 5.74. The number of carboxylic acid groups (broad SMARTS) is 1. The van der Waals surface area contributed by atoms with Crippen LogP contribution in [0.3, 0.4) is 0 Å². The van der Waals surface area contributed by atoms with Crippen LogP contribution in [-0.4, -0.2) is 60.6 Å². The molecule has 0 aromatic heterocycles. The second-order valence-electron chi connectivity index (χ2n) is 7.22. The van der Waals surface area contributed by atoms with E-state index in [0.717, 1.165) is 0 Å². The fourth-order valence-electron chi connectivity index (χ4n) is 2.92. The first-order valence-electron chi connectivity index (χ1n) is 8.79. The van der Waals surface area contributed by atoms with E-state index in [9.17, 15) is 19.5 Å². The van der Waals surface area contributed by atoms with E-state index in [2.05, 4.69) is 5.32 Å². The fourth-order valence-corrected chi connectivity index (χ4v) is 2.92. The summed E-state index contributed by atoms with van der Waals surface area (Å²) in [5.74, 6) is -0.735. The average Bonchev–Trinajstić information content (AvgIpc) is 3.02. The van der Waals surface area contributed by atoms with Crippen LogP contribution in [0.2, 0.25) is 0 Å². The van der Waals surface area contributed by atoms with Gasteiger partial charge in [-0.3, -0.25) is 14.4 Å². The van der Waals surface area contributed by atoms with E-state index in [-0.39, 0.29) is 31.0 Å². The van der Waals surface area contributed by atoms with Crippen molar-refractivity contribution in [2.75, 3.05) is 26.8 Å². The number of nitrogens with one attached hydrogen (secondary N) is 1. The lowest BCUT2D eigenvalue weighted by molar-refractivity contribution is -0.147. The quantitative estimate of drug-likeness (QED) is 0.746. The third kappa shape index (κ3) is 4.90. The molecule has 1 aliphatic heterocycles. The molecule has 1 heterocycles. The molecule has 0 radical (unpaired) electrons. The smallest absolute Gasteiger partial charge is 0.311 e. The molecule has 8 heteroatoms. The molecule has 148 valence electrons. The number of likely N-dealkylation sites (tertiary alicyclic amines) is 1. The van der Waals surface area contributed by atoms with Gasteiger partial charge in [-0.15, -0.1) is 0 Å². The Hall–Kier alpha value is -2.77. The summed E-state index contributed by atoms with van der Waals surface area (Å²) >= 11 is 0. The topological polar surface area (TPSA) is 105 Å². The van der Waals surface area contributed by atoms with E-state index >= 15 is 0 Å². The van der Waals surface area contributed by atoms with E-state index in [1.807, 2.05) is 13.8 Å². The van der Waals surface area contributed by atoms with Crippen molar-refractivity contribution in [3.63, 3.8) is 0 Å². The van der Waals surface area contributed by atoms with Crippen molar-refractivity contribution in [3.8, 4) is 11.5 Å². The summed E-state index contributed by atoms with van der Waals surface area (Å²) < 4.78 is 10.7. The molecular formula is C19H26N2O6. The van der Waals surface area contributed by atoms with Crippen molar-refractivity contribution < 1.29 is 29.0 Å². The number of rotatable bonds is 7. The first-order chi connectivity index (χ1) is 12.7. The van der Waals surface area contributed by atoms with Crippen molar-refractivity contribution in [2.24, 2.45) is 5.41 Å². The number of carbonyl (C=O) groups excluding carboxylic acids is 2. The summed E-state index contributed by atoms with van der Waals surface area (Å²) in [6.07, 6.45) is 0.414. The standard InChI is InChI=1S/C19H26N2O6/c1-12(2)20-16(22)10-27-14-6-5-13(9-15(14)26-4)17(23)21-8-7-19(3,11-21)18(24)25/h5-6,9,12H,7-8,10-11H2,1-4H3,(H,20,22)(H,24,25). The molecule has 1 fully saturated rings. The van der Waals surface area contributed by atoms with Crippen LogP contribution in [0.15, 0.2) is 18.2 Å². The van der Waals surface area contributed by atoms with Crippen molar-refractivity contribution in [3.05, 3.63) is 23.8 Å². The second-order valence-corrected chi connectivity index (χ2v) is 7.22. The van der Waals surface area contributed by atoms with Gasteiger partial charge in [-0.1, -0.05) is 0 Å². The van der Waals surface area contributed by atoms with Crippen LogP contribution < -0.4 is 14.8 Å². The maximum atomic E-state index is 12.7. The molecule has 2 rings (SSSR count). The Morgan fingerprint density at radius 2 is 2.00 bits per heavy atom. The van der Waals surface area contributed by atoms with Gasteiger partial charge in [0.2, 0.25) is 0 Å². The normalized spacial score (nSPS) is 19.1. The molecule has 1 unspecified atom stereocenters. The molecule has 1 aromatic rings. The zero-order valence-electron chi connectivity index (χ0n) is 16.1. The summed E-state index contributed by atoms with van der Waals surface area (Å²) in [4.78, 5) is 37.3. The molecule has 0 spiro atoms. The molecular weight excluding hydrogens is 352 g/mol. The van der Waals surface area contributed by atoms with Crippen LogP contribution >= 0.6 is 0 Å². The van der Waals surface area contributed by atoms with Crippen LogP contribution in [0.1, 0.15) is 37.6 Å². The van der Waals surface area contributed by atoms with Gasteiger partial charge in [-0.25, -0.2) is 0 Å². The minimum atomic E-state index is -0.924. The van der Waals surface area contributed by atoms with Gasteiger partial charge >= 0.3 is 5.97 Å². The Morgan fingerprint density at radius 1 is 1.30 bits per heavy atom. The van der Waals surface area contributed by atoms with Gasteiger partial charge in [0, 0.05) is 24.7 Å². The second kappa shape index (κ2) is 8.28. The highest BCUT2D eigenvalue weighted by Crippen LogP contribution is 2.33. The number of hydrogen-bond acceptors (Lipinski definition) is 5. The van der Waals surface area contributed by atoms with E-state index in [0.29, 0.717) is 30.0 Å². The SMILES string of the molecule is COc1cc(C(=O)N2CCC(C)(C(=O)O)C2)ccc1OCC(=O)NC(C)C. The lowest BCUT2D eigenvalue weighted by Gasteiger charge is -2.20. The molecule has 1 saturated heterocycles. The number of methoxy groups -OCH3 is 1. The number of aliphatic carboxylic acids is 1. The third-order valence-electron chi connectivity index (χ3n) is 4.50. The number of hydrogen-bond donors (Lipinski definition) is 2. The highest BCUT2D eigenvalue weighted by Gasteiger charge is 2.42. The Bertz CT molecular complexity index is 733. The van der Waals surface area contributed by atoms with E-state index in [1.165, 1.54) is 18.1 Å². The minimum Gasteiger partial charge on any atom is -0.493 e. The summed E-state index contributed by atoms with van der Waals surface area (Å²) in [6, 6.07) is 4.70. The van der Waals surface area contributed by atoms with Crippen molar-refractivity contribution in [2.45, 2.75) is 33.2 Å². The van der Waals surface area contributed by atoms with Crippen LogP contribution in [0.4, 0.5) is 0 Å². The highest BCUT2D eigenvalue weighted by atomic mass is 16.5. The zero-order chi connectivity index (χ0) is 20.2. The predicted octanol–water partition coefficient (Wildman–Crippen LogP) is 1.54. The highest BCUT2D eigenvalue weighted by molar-refractivity contribution is 5.95. The Labute approximate surface area is 158 Å². The lowest BCUT2D eigenvalue weighted by atomic mass is 9.90. The summed E-state index contributed by atoms with van der Waals surface area (Å²) in [5, 5.41) is 12.0. The number of amides is 2. The van der Waals surface area contributed by atoms with Crippen LogP contribution in [0, 0.1) is 5.41 Å². The maximum Gasteiger partial charge on any atom is 0.311 e. The Balaban J connectivity index is 2.08. The van der Waals surface area contributed by atoms with E-state index in [4.69, 9.17) is 9.47 Å². The first kappa shape index (κ1) is 20.5. The molecule has 8 nitrogen and oxygen atoms in total. The Morgan fingerprint density at radius 3 is 2.56 bits per heavy atom. The van der Waals surface area contributed by atoms with Gasteiger partial charge in [0.25, 0.3) is 11.8 Å².